The molecule has 1 N–H and O–H groups in total. The minimum absolute atomic E-state index is 0.101. The fraction of sp³-hybridized carbons (Fsp3) is 0.0588. The maximum atomic E-state index is 13.2. The van der Waals surface area contributed by atoms with Crippen LogP contribution in [-0.2, 0) is 9.53 Å². The standard InChI is InChI=1S/C17H13FN2O5/c1-25-17(22)12-5-2-11(3-6-12)4-9-16(21)19-13-7-8-14(18)15(10-13)20(23)24/h2-10H,1H3,(H,19,21)/b9-4+. The molecular weight excluding hydrogens is 331 g/mol. The van der Waals surface area contributed by atoms with E-state index in [4.69, 9.17) is 0 Å². The number of hydrogen-bond acceptors (Lipinski definition) is 5. The Bertz CT molecular complexity index is 847. The summed E-state index contributed by atoms with van der Waals surface area (Å²) in [7, 11) is 1.28. The maximum absolute atomic E-state index is 13.2. The van der Waals surface area contributed by atoms with E-state index in [-0.39, 0.29) is 5.69 Å². The predicted octanol–water partition coefficient (Wildman–Crippen LogP) is 3.17. The number of nitrogens with zero attached hydrogens (tertiary/aromatic N) is 1. The molecule has 7 nitrogen and oxygen atoms in total. The second kappa shape index (κ2) is 7.82. The van der Waals surface area contributed by atoms with Crippen LogP contribution in [0.3, 0.4) is 0 Å². The zero-order valence-corrected chi connectivity index (χ0v) is 13.1. The van der Waals surface area contributed by atoms with Gasteiger partial charge in [0, 0.05) is 17.8 Å². The molecule has 8 heteroatoms. The van der Waals surface area contributed by atoms with Crippen LogP contribution in [0.4, 0.5) is 15.8 Å². The van der Waals surface area contributed by atoms with Gasteiger partial charge < -0.3 is 10.1 Å². The Labute approximate surface area is 141 Å². The van der Waals surface area contributed by atoms with E-state index in [9.17, 15) is 24.1 Å². The van der Waals surface area contributed by atoms with Crippen LogP contribution in [0.1, 0.15) is 15.9 Å². The number of nitro groups is 1. The van der Waals surface area contributed by atoms with Crippen molar-refractivity contribution in [3.8, 4) is 0 Å². The molecule has 0 aliphatic carbocycles. The molecule has 0 radical (unpaired) electrons. The summed E-state index contributed by atoms with van der Waals surface area (Å²) in [5.74, 6) is -1.99. The van der Waals surface area contributed by atoms with Crippen molar-refractivity contribution in [3.63, 3.8) is 0 Å². The number of methoxy groups -OCH3 is 1. The molecule has 2 rings (SSSR count). The van der Waals surface area contributed by atoms with E-state index in [1.165, 1.54) is 25.3 Å². The van der Waals surface area contributed by atoms with Crippen molar-refractivity contribution in [2.45, 2.75) is 0 Å². The molecule has 0 unspecified atom stereocenters. The van der Waals surface area contributed by atoms with Gasteiger partial charge in [0.25, 0.3) is 0 Å². The van der Waals surface area contributed by atoms with Crippen LogP contribution in [0.2, 0.25) is 0 Å². The van der Waals surface area contributed by atoms with Crippen LogP contribution < -0.4 is 5.32 Å². The topological polar surface area (TPSA) is 98.5 Å². The highest BCUT2D eigenvalue weighted by atomic mass is 19.1. The summed E-state index contributed by atoms with van der Waals surface area (Å²) in [5.41, 5.74) is 0.416. The molecule has 2 aromatic carbocycles. The molecule has 0 aliphatic heterocycles. The molecule has 128 valence electrons. The number of halogens is 1. The molecule has 0 bridgehead atoms. The molecule has 2 aromatic rings. The Morgan fingerprint density at radius 1 is 1.20 bits per heavy atom. The molecule has 0 saturated heterocycles. The number of benzene rings is 2. The zero-order valence-electron chi connectivity index (χ0n) is 13.1. The van der Waals surface area contributed by atoms with Gasteiger partial charge in [0.05, 0.1) is 17.6 Å². The molecular formula is C17H13FN2O5. The van der Waals surface area contributed by atoms with Crippen LogP contribution in [-0.4, -0.2) is 23.9 Å². The van der Waals surface area contributed by atoms with Gasteiger partial charge in [-0.2, -0.15) is 4.39 Å². The highest BCUT2D eigenvalue weighted by Gasteiger charge is 2.14. The van der Waals surface area contributed by atoms with Gasteiger partial charge in [-0.1, -0.05) is 12.1 Å². The van der Waals surface area contributed by atoms with Crippen molar-refractivity contribution in [1.29, 1.82) is 0 Å². The predicted molar refractivity (Wildman–Crippen MR) is 88.5 cm³/mol. The van der Waals surface area contributed by atoms with E-state index in [1.807, 2.05) is 0 Å². The largest absolute Gasteiger partial charge is 0.465 e. The summed E-state index contributed by atoms with van der Waals surface area (Å²) in [6.45, 7) is 0. The van der Waals surface area contributed by atoms with Crippen LogP contribution in [0.25, 0.3) is 6.08 Å². The summed E-state index contributed by atoms with van der Waals surface area (Å²) in [5, 5.41) is 13.1. The van der Waals surface area contributed by atoms with Gasteiger partial charge in [-0.05, 0) is 35.9 Å². The number of esters is 1. The number of nitro benzene ring substituents is 1. The van der Waals surface area contributed by atoms with Gasteiger partial charge in [0.1, 0.15) is 0 Å². The first-order chi connectivity index (χ1) is 11.9. The summed E-state index contributed by atoms with van der Waals surface area (Å²) < 4.78 is 17.8. The van der Waals surface area contributed by atoms with E-state index in [2.05, 4.69) is 10.1 Å². The molecule has 0 heterocycles. The van der Waals surface area contributed by atoms with E-state index in [0.717, 1.165) is 12.1 Å². The minimum atomic E-state index is -0.982. The van der Waals surface area contributed by atoms with Crippen molar-refractivity contribution < 1.29 is 23.6 Å². The van der Waals surface area contributed by atoms with E-state index < -0.39 is 28.3 Å². The van der Waals surface area contributed by atoms with Gasteiger partial charge in [-0.3, -0.25) is 14.9 Å². The number of carbonyl (C=O) groups excluding carboxylic acids is 2. The third-order valence-electron chi connectivity index (χ3n) is 3.17. The monoisotopic (exact) mass is 344 g/mol. The SMILES string of the molecule is COC(=O)c1ccc(/C=C/C(=O)Nc2ccc(F)c([N+](=O)[O-])c2)cc1. The third-order valence-corrected chi connectivity index (χ3v) is 3.17. The van der Waals surface area contributed by atoms with Gasteiger partial charge in [-0.25, -0.2) is 4.79 Å². The number of ether oxygens (including phenoxy) is 1. The molecule has 0 atom stereocenters. The summed E-state index contributed by atoms with van der Waals surface area (Å²) >= 11 is 0. The Morgan fingerprint density at radius 2 is 1.88 bits per heavy atom. The number of hydrogen-bond donors (Lipinski definition) is 1. The van der Waals surface area contributed by atoms with Gasteiger partial charge >= 0.3 is 11.7 Å². The average molecular weight is 344 g/mol. The molecule has 0 fully saturated rings. The lowest BCUT2D eigenvalue weighted by molar-refractivity contribution is -0.387. The normalized spacial score (nSPS) is 10.5. The molecule has 0 aliphatic rings. The van der Waals surface area contributed by atoms with Crippen molar-refractivity contribution in [3.05, 3.63) is 75.6 Å². The first-order valence-electron chi connectivity index (χ1n) is 7.02. The molecule has 25 heavy (non-hydrogen) atoms. The fourth-order valence-electron chi connectivity index (χ4n) is 1.93. The average Bonchev–Trinajstić information content (AvgIpc) is 2.61. The Kier molecular flexibility index (Phi) is 5.57. The summed E-state index contributed by atoms with van der Waals surface area (Å²) in [6.07, 6.45) is 2.71. The highest BCUT2D eigenvalue weighted by molar-refractivity contribution is 6.02. The molecule has 0 spiro atoms. The van der Waals surface area contributed by atoms with E-state index >= 15 is 0 Å². The minimum Gasteiger partial charge on any atom is -0.465 e. The first-order valence-corrected chi connectivity index (χ1v) is 7.02. The smallest absolute Gasteiger partial charge is 0.337 e. The first kappa shape index (κ1) is 17.8. The number of carbonyl (C=O) groups is 2. The van der Waals surface area contributed by atoms with E-state index in [0.29, 0.717) is 11.1 Å². The van der Waals surface area contributed by atoms with Crippen molar-refractivity contribution in [1.82, 2.24) is 0 Å². The lowest BCUT2D eigenvalue weighted by Crippen LogP contribution is -2.08. The van der Waals surface area contributed by atoms with Gasteiger partial charge in [0.2, 0.25) is 11.7 Å². The summed E-state index contributed by atoms with van der Waals surface area (Å²) in [4.78, 5) is 33.0. The number of rotatable bonds is 5. The zero-order chi connectivity index (χ0) is 18.4. The van der Waals surface area contributed by atoms with Crippen molar-refractivity contribution in [2.24, 2.45) is 0 Å². The van der Waals surface area contributed by atoms with Crippen molar-refractivity contribution in [2.75, 3.05) is 12.4 Å². The van der Waals surface area contributed by atoms with Crippen molar-refractivity contribution >= 4 is 29.3 Å². The maximum Gasteiger partial charge on any atom is 0.337 e. The highest BCUT2D eigenvalue weighted by Crippen LogP contribution is 2.21. The van der Waals surface area contributed by atoms with Crippen LogP contribution in [0.5, 0.6) is 0 Å². The quantitative estimate of drug-likeness (QED) is 0.389. The second-order valence-electron chi connectivity index (χ2n) is 4.86. The number of nitrogens with one attached hydrogen (secondary N) is 1. The molecule has 0 saturated carbocycles. The lowest BCUT2D eigenvalue weighted by Gasteiger charge is -2.03. The van der Waals surface area contributed by atoms with Crippen LogP contribution in [0.15, 0.2) is 48.5 Å². The Morgan fingerprint density at radius 3 is 2.48 bits per heavy atom. The second-order valence-corrected chi connectivity index (χ2v) is 4.86. The molecule has 1 amide bonds. The lowest BCUT2D eigenvalue weighted by atomic mass is 10.1. The fourth-order valence-corrected chi connectivity index (χ4v) is 1.93. The summed E-state index contributed by atoms with van der Waals surface area (Å²) in [6, 6.07) is 9.41. The van der Waals surface area contributed by atoms with Crippen LogP contribution >= 0.6 is 0 Å². The molecule has 0 aromatic heterocycles. The van der Waals surface area contributed by atoms with E-state index in [1.54, 1.807) is 24.3 Å². The van der Waals surface area contributed by atoms with Gasteiger partial charge in [-0.15, -0.1) is 0 Å². The number of amides is 1. The Balaban J connectivity index is 2.05. The Hall–Kier alpha value is -3.55. The van der Waals surface area contributed by atoms with Gasteiger partial charge in [0.15, 0.2) is 0 Å². The number of anilines is 1. The third kappa shape index (κ3) is 4.71. The van der Waals surface area contributed by atoms with Crippen LogP contribution in [0, 0.1) is 15.9 Å².